The molecule has 1 amide bonds. The second-order valence-electron chi connectivity index (χ2n) is 6.01. The molecular formula is C17H14ClN3O3S2. The molecule has 1 N–H and O–H groups in total. The van der Waals surface area contributed by atoms with Crippen molar-refractivity contribution in [1.82, 2.24) is 0 Å². The predicted molar refractivity (Wildman–Crippen MR) is 105 cm³/mol. The Balaban J connectivity index is 1.61. The molecule has 0 saturated carbocycles. The number of anilines is 2. The summed E-state index contributed by atoms with van der Waals surface area (Å²) < 4.78 is 27.2. The molecule has 6 nitrogen and oxygen atoms in total. The Morgan fingerprint density at radius 3 is 2.88 bits per heavy atom. The number of amidine groups is 1. The molecule has 2 aromatic rings. The largest absolute Gasteiger partial charge is 0.322 e. The fourth-order valence-corrected chi connectivity index (χ4v) is 5.26. The summed E-state index contributed by atoms with van der Waals surface area (Å²) >= 11 is 7.26. The Bertz CT molecular complexity index is 1070. The highest BCUT2D eigenvalue weighted by Crippen LogP contribution is 2.42. The van der Waals surface area contributed by atoms with Crippen LogP contribution in [0, 0.1) is 6.92 Å². The molecule has 2 aliphatic heterocycles. The van der Waals surface area contributed by atoms with Gasteiger partial charge in [-0.1, -0.05) is 17.7 Å². The number of halogens is 1. The molecule has 2 heterocycles. The SMILES string of the molecule is Cc1ccc(Cl)cc1NC(=O)c1ccc2c(c1)SC1=NS(=O)(=O)CCN12. The molecule has 4 rings (SSSR count). The second-order valence-corrected chi connectivity index (χ2v) is 9.21. The van der Waals surface area contributed by atoms with Gasteiger partial charge >= 0.3 is 0 Å². The molecule has 0 atom stereocenters. The van der Waals surface area contributed by atoms with E-state index in [4.69, 9.17) is 11.6 Å². The number of sulfonamides is 1. The molecule has 0 aromatic heterocycles. The van der Waals surface area contributed by atoms with Gasteiger partial charge in [-0.25, -0.2) is 8.42 Å². The first-order valence-corrected chi connectivity index (χ1v) is 10.6. The summed E-state index contributed by atoms with van der Waals surface area (Å²) in [5.41, 5.74) is 2.93. The minimum atomic E-state index is -3.40. The van der Waals surface area contributed by atoms with Crippen LogP contribution in [0.2, 0.25) is 5.02 Å². The first kappa shape index (κ1) is 17.4. The fourth-order valence-electron chi connectivity index (χ4n) is 2.80. The van der Waals surface area contributed by atoms with Crippen LogP contribution in [0.5, 0.6) is 0 Å². The molecule has 0 unspecified atom stereocenters. The Hall–Kier alpha value is -2.03. The van der Waals surface area contributed by atoms with Crippen LogP contribution in [0.15, 0.2) is 45.7 Å². The van der Waals surface area contributed by atoms with Crippen molar-refractivity contribution in [3.8, 4) is 0 Å². The fraction of sp³-hybridized carbons (Fsp3) is 0.176. The average molecular weight is 408 g/mol. The molecule has 0 bridgehead atoms. The van der Waals surface area contributed by atoms with Crippen LogP contribution < -0.4 is 10.2 Å². The highest BCUT2D eigenvalue weighted by atomic mass is 35.5. The van der Waals surface area contributed by atoms with Crippen molar-refractivity contribution in [2.24, 2.45) is 4.40 Å². The topological polar surface area (TPSA) is 78.8 Å². The van der Waals surface area contributed by atoms with Crippen LogP contribution in [0.1, 0.15) is 15.9 Å². The summed E-state index contributed by atoms with van der Waals surface area (Å²) in [5, 5.41) is 3.85. The van der Waals surface area contributed by atoms with Crippen molar-refractivity contribution in [3.63, 3.8) is 0 Å². The maximum absolute atomic E-state index is 12.6. The Morgan fingerprint density at radius 1 is 1.27 bits per heavy atom. The van der Waals surface area contributed by atoms with Crippen molar-refractivity contribution < 1.29 is 13.2 Å². The van der Waals surface area contributed by atoms with Gasteiger partial charge in [0, 0.05) is 27.7 Å². The molecule has 0 radical (unpaired) electrons. The lowest BCUT2D eigenvalue weighted by molar-refractivity contribution is 0.102. The highest BCUT2D eigenvalue weighted by Gasteiger charge is 2.33. The third kappa shape index (κ3) is 3.20. The quantitative estimate of drug-likeness (QED) is 0.824. The van der Waals surface area contributed by atoms with E-state index in [-0.39, 0.29) is 11.7 Å². The number of carbonyl (C=O) groups excluding carboxylic acids is 1. The van der Waals surface area contributed by atoms with Crippen molar-refractivity contribution in [2.45, 2.75) is 11.8 Å². The van der Waals surface area contributed by atoms with E-state index in [9.17, 15) is 13.2 Å². The van der Waals surface area contributed by atoms with Gasteiger partial charge in [0.05, 0.1) is 11.4 Å². The summed E-state index contributed by atoms with van der Waals surface area (Å²) in [6.07, 6.45) is 0. The van der Waals surface area contributed by atoms with E-state index in [0.29, 0.717) is 28.0 Å². The van der Waals surface area contributed by atoms with E-state index >= 15 is 0 Å². The van der Waals surface area contributed by atoms with Crippen LogP contribution >= 0.6 is 23.4 Å². The molecule has 0 fully saturated rings. The Kier molecular flexibility index (Phi) is 4.21. The third-order valence-electron chi connectivity index (χ3n) is 4.18. The number of rotatable bonds is 2. The van der Waals surface area contributed by atoms with E-state index in [2.05, 4.69) is 9.71 Å². The zero-order valence-corrected chi connectivity index (χ0v) is 16.1. The van der Waals surface area contributed by atoms with Gasteiger partial charge in [0.25, 0.3) is 15.9 Å². The number of fused-ring (bicyclic) bond motifs is 3. The summed E-state index contributed by atoms with van der Waals surface area (Å²) in [7, 11) is -3.40. The summed E-state index contributed by atoms with van der Waals surface area (Å²) in [5.74, 6) is -0.259. The van der Waals surface area contributed by atoms with Gasteiger partial charge in [-0.05, 0) is 54.6 Å². The highest BCUT2D eigenvalue weighted by molar-refractivity contribution is 8.15. The van der Waals surface area contributed by atoms with Crippen molar-refractivity contribution in [1.29, 1.82) is 0 Å². The summed E-state index contributed by atoms with van der Waals surface area (Å²) in [6.45, 7) is 2.26. The van der Waals surface area contributed by atoms with E-state index in [1.807, 2.05) is 24.0 Å². The minimum absolute atomic E-state index is 0.00716. The first-order chi connectivity index (χ1) is 12.3. The Morgan fingerprint density at radius 2 is 2.08 bits per heavy atom. The number of thioether (sulfide) groups is 1. The maximum atomic E-state index is 12.6. The second kappa shape index (κ2) is 6.29. The molecule has 9 heteroatoms. The van der Waals surface area contributed by atoms with Gasteiger partial charge in [-0.15, -0.1) is 4.40 Å². The molecular weight excluding hydrogens is 394 g/mol. The number of hydrogen-bond acceptors (Lipinski definition) is 5. The van der Waals surface area contributed by atoms with Gasteiger partial charge < -0.3 is 10.2 Å². The Labute approximate surface area is 160 Å². The number of carbonyl (C=O) groups is 1. The van der Waals surface area contributed by atoms with E-state index < -0.39 is 10.0 Å². The molecule has 0 aliphatic carbocycles. The number of nitrogens with one attached hydrogen (secondary N) is 1. The first-order valence-electron chi connectivity index (χ1n) is 7.82. The number of hydrogen-bond donors (Lipinski definition) is 1. The zero-order chi connectivity index (χ0) is 18.5. The van der Waals surface area contributed by atoms with Gasteiger partial charge in [-0.2, -0.15) is 0 Å². The van der Waals surface area contributed by atoms with E-state index in [0.717, 1.165) is 16.1 Å². The average Bonchev–Trinajstić information content (AvgIpc) is 2.93. The number of amides is 1. The van der Waals surface area contributed by atoms with Crippen molar-refractivity contribution >= 4 is 55.8 Å². The van der Waals surface area contributed by atoms with Gasteiger partial charge in [-0.3, -0.25) is 4.79 Å². The summed E-state index contributed by atoms with van der Waals surface area (Å²) in [4.78, 5) is 15.3. The zero-order valence-electron chi connectivity index (χ0n) is 13.7. The van der Waals surface area contributed by atoms with Gasteiger partial charge in [0.15, 0.2) is 5.17 Å². The van der Waals surface area contributed by atoms with Crippen LogP contribution in [0.4, 0.5) is 11.4 Å². The predicted octanol–water partition coefficient (Wildman–Crippen LogP) is 3.51. The lowest BCUT2D eigenvalue weighted by Gasteiger charge is -2.22. The lowest BCUT2D eigenvalue weighted by atomic mass is 10.1. The van der Waals surface area contributed by atoms with Crippen molar-refractivity contribution in [3.05, 3.63) is 52.5 Å². The van der Waals surface area contributed by atoms with Crippen LogP contribution in [0.3, 0.4) is 0 Å². The third-order valence-corrected chi connectivity index (χ3v) is 6.72. The molecule has 26 heavy (non-hydrogen) atoms. The van der Waals surface area contributed by atoms with Gasteiger partial charge in [0.2, 0.25) is 0 Å². The molecule has 134 valence electrons. The van der Waals surface area contributed by atoms with Crippen LogP contribution in [-0.2, 0) is 10.0 Å². The smallest absolute Gasteiger partial charge is 0.257 e. The molecule has 2 aromatic carbocycles. The molecule has 0 spiro atoms. The summed E-state index contributed by atoms with van der Waals surface area (Å²) in [6, 6.07) is 10.6. The van der Waals surface area contributed by atoms with E-state index in [1.54, 1.807) is 24.3 Å². The van der Waals surface area contributed by atoms with Crippen LogP contribution in [0.25, 0.3) is 0 Å². The number of nitrogens with zero attached hydrogens (tertiary/aromatic N) is 2. The molecule has 0 saturated heterocycles. The van der Waals surface area contributed by atoms with Crippen molar-refractivity contribution in [2.75, 3.05) is 22.5 Å². The van der Waals surface area contributed by atoms with E-state index in [1.165, 1.54) is 11.8 Å². The van der Waals surface area contributed by atoms with Gasteiger partial charge in [0.1, 0.15) is 0 Å². The number of benzene rings is 2. The van der Waals surface area contributed by atoms with Crippen LogP contribution in [-0.4, -0.2) is 31.8 Å². The lowest BCUT2D eigenvalue weighted by Crippen LogP contribution is -2.35. The minimum Gasteiger partial charge on any atom is -0.322 e. The standard InChI is InChI=1S/C17H14ClN3O3S2/c1-10-2-4-12(18)9-13(10)19-16(22)11-3-5-14-15(8-11)25-17-20-26(23,24)7-6-21(14)17/h2-5,8-9H,6-7H2,1H3,(H,19,22). The monoisotopic (exact) mass is 407 g/mol. The molecule has 2 aliphatic rings. The number of aryl methyl sites for hydroxylation is 1. The maximum Gasteiger partial charge on any atom is 0.257 e. The normalized spacial score (nSPS) is 17.3.